The van der Waals surface area contributed by atoms with Crippen LogP contribution in [0.2, 0.25) is 0 Å². The molecule has 2 N–H and O–H groups in total. The van der Waals surface area contributed by atoms with Gasteiger partial charge in [-0.1, -0.05) is 36.4 Å². The minimum atomic E-state index is -0.502. The number of rotatable bonds is 2. The van der Waals surface area contributed by atoms with Crippen LogP contribution in [-0.2, 0) is 9.59 Å². The van der Waals surface area contributed by atoms with Crippen molar-refractivity contribution in [3.8, 4) is 0 Å². The minimum Gasteiger partial charge on any atom is -0.299 e. The van der Waals surface area contributed by atoms with Crippen molar-refractivity contribution >= 4 is 34.9 Å². The number of nitrogens with zero attached hydrogens (tertiary/aromatic N) is 2. The van der Waals surface area contributed by atoms with E-state index >= 15 is 0 Å². The van der Waals surface area contributed by atoms with Gasteiger partial charge in [0.25, 0.3) is 11.8 Å². The molecule has 2 aromatic rings. The Balaban J connectivity index is 1.83. The van der Waals surface area contributed by atoms with Crippen LogP contribution in [0.3, 0.4) is 0 Å². The van der Waals surface area contributed by atoms with Crippen LogP contribution < -0.4 is 10.6 Å². The number of amidine groups is 2. The molecule has 108 valence electrons. The zero-order valence-electron chi connectivity index (χ0n) is 11.5. The molecular weight excluding hydrogens is 280 g/mol. The fourth-order valence-corrected chi connectivity index (χ4v) is 1.87. The molecule has 0 bridgehead atoms. The first-order chi connectivity index (χ1) is 10.7. The molecule has 3 rings (SSSR count). The Bertz CT molecular complexity index is 700. The Morgan fingerprint density at radius 1 is 0.591 bits per heavy atom. The van der Waals surface area contributed by atoms with E-state index in [0.717, 1.165) is 0 Å². The number of hydrogen-bond donors (Lipinski definition) is 2. The third kappa shape index (κ3) is 3.06. The number of piperazine rings is 1. The van der Waals surface area contributed by atoms with Crippen molar-refractivity contribution in [3.63, 3.8) is 0 Å². The van der Waals surface area contributed by atoms with E-state index in [1.54, 1.807) is 48.5 Å². The lowest BCUT2D eigenvalue weighted by Gasteiger charge is -2.16. The molecule has 6 heteroatoms. The quantitative estimate of drug-likeness (QED) is 0.883. The van der Waals surface area contributed by atoms with Gasteiger partial charge in [-0.15, -0.1) is 0 Å². The summed E-state index contributed by atoms with van der Waals surface area (Å²) in [6.07, 6.45) is 0. The van der Waals surface area contributed by atoms with Gasteiger partial charge in [0, 0.05) is 0 Å². The topological polar surface area (TPSA) is 82.9 Å². The molecule has 1 aliphatic rings. The molecule has 2 aromatic carbocycles. The molecular formula is C16H12N4O2. The van der Waals surface area contributed by atoms with Gasteiger partial charge >= 0.3 is 0 Å². The summed E-state index contributed by atoms with van der Waals surface area (Å²) in [4.78, 5) is 32.2. The first kappa shape index (κ1) is 13.7. The highest BCUT2D eigenvalue weighted by atomic mass is 16.2. The number of benzene rings is 2. The van der Waals surface area contributed by atoms with Crippen molar-refractivity contribution < 1.29 is 9.59 Å². The van der Waals surface area contributed by atoms with Crippen LogP contribution in [0.1, 0.15) is 0 Å². The van der Waals surface area contributed by atoms with E-state index in [2.05, 4.69) is 20.6 Å². The van der Waals surface area contributed by atoms with Crippen molar-refractivity contribution in [1.29, 1.82) is 0 Å². The smallest absolute Gasteiger partial charge is 0.292 e. The molecule has 1 heterocycles. The maximum atomic E-state index is 12.0. The average molecular weight is 292 g/mol. The summed E-state index contributed by atoms with van der Waals surface area (Å²) < 4.78 is 0. The molecule has 0 saturated carbocycles. The summed E-state index contributed by atoms with van der Waals surface area (Å²) in [6, 6.07) is 17.8. The summed E-state index contributed by atoms with van der Waals surface area (Å²) in [5.41, 5.74) is 1.16. The Labute approximate surface area is 126 Å². The Morgan fingerprint density at radius 3 is 1.32 bits per heavy atom. The number of para-hydroxylation sites is 2. The van der Waals surface area contributed by atoms with E-state index < -0.39 is 11.8 Å². The molecule has 0 aliphatic carbocycles. The number of amides is 2. The second-order valence-electron chi connectivity index (χ2n) is 4.50. The minimum absolute atomic E-state index is 0.0526. The summed E-state index contributed by atoms with van der Waals surface area (Å²) >= 11 is 0. The maximum absolute atomic E-state index is 12.0. The van der Waals surface area contributed by atoms with Crippen LogP contribution in [-0.4, -0.2) is 23.5 Å². The van der Waals surface area contributed by atoms with Crippen molar-refractivity contribution in [3.05, 3.63) is 60.7 Å². The zero-order chi connectivity index (χ0) is 15.4. The molecule has 2 amide bonds. The van der Waals surface area contributed by atoms with E-state index in [4.69, 9.17) is 0 Å². The lowest BCUT2D eigenvalue weighted by Crippen LogP contribution is -2.56. The van der Waals surface area contributed by atoms with Crippen LogP contribution in [0.15, 0.2) is 70.6 Å². The van der Waals surface area contributed by atoms with Crippen LogP contribution in [0, 0.1) is 0 Å². The van der Waals surface area contributed by atoms with Gasteiger partial charge in [0.2, 0.25) is 0 Å². The van der Waals surface area contributed by atoms with E-state index in [-0.39, 0.29) is 11.7 Å². The number of nitrogens with one attached hydrogen (secondary N) is 2. The van der Waals surface area contributed by atoms with E-state index in [0.29, 0.717) is 11.4 Å². The molecule has 1 aliphatic heterocycles. The molecule has 1 fully saturated rings. The first-order valence-corrected chi connectivity index (χ1v) is 6.62. The predicted octanol–water partition coefficient (Wildman–Crippen LogP) is 1.69. The molecule has 6 nitrogen and oxygen atoms in total. The highest BCUT2D eigenvalue weighted by Crippen LogP contribution is 2.12. The summed E-state index contributed by atoms with van der Waals surface area (Å²) in [5.74, 6) is -1.11. The Morgan fingerprint density at radius 2 is 0.955 bits per heavy atom. The summed E-state index contributed by atoms with van der Waals surface area (Å²) in [5, 5.41) is 4.91. The van der Waals surface area contributed by atoms with Gasteiger partial charge in [0.15, 0.2) is 11.7 Å². The lowest BCUT2D eigenvalue weighted by molar-refractivity contribution is -0.119. The summed E-state index contributed by atoms with van der Waals surface area (Å²) in [7, 11) is 0. The normalized spacial score (nSPS) is 18.2. The van der Waals surface area contributed by atoms with Crippen LogP contribution in [0.25, 0.3) is 0 Å². The van der Waals surface area contributed by atoms with Crippen LogP contribution in [0.5, 0.6) is 0 Å². The molecule has 0 spiro atoms. The first-order valence-electron chi connectivity index (χ1n) is 6.62. The molecule has 0 atom stereocenters. The van der Waals surface area contributed by atoms with Gasteiger partial charge in [-0.3, -0.25) is 20.2 Å². The van der Waals surface area contributed by atoms with E-state index in [1.165, 1.54) is 0 Å². The second-order valence-corrected chi connectivity index (χ2v) is 4.50. The van der Waals surface area contributed by atoms with Crippen LogP contribution >= 0.6 is 0 Å². The predicted molar refractivity (Wildman–Crippen MR) is 83.4 cm³/mol. The largest absolute Gasteiger partial charge is 0.299 e. The number of aliphatic imine (C=N–C) groups is 2. The fraction of sp³-hybridized carbons (Fsp3) is 0. The highest BCUT2D eigenvalue weighted by molar-refractivity contribution is 6.57. The van der Waals surface area contributed by atoms with Gasteiger partial charge in [0.05, 0.1) is 11.4 Å². The van der Waals surface area contributed by atoms with Gasteiger partial charge in [-0.25, -0.2) is 9.98 Å². The third-order valence-electron chi connectivity index (χ3n) is 2.89. The summed E-state index contributed by atoms with van der Waals surface area (Å²) in [6.45, 7) is 0. The number of carbonyl (C=O) groups is 2. The van der Waals surface area contributed by atoms with Crippen molar-refractivity contribution in [2.45, 2.75) is 0 Å². The number of carbonyl (C=O) groups excluding carboxylic acids is 2. The fourth-order valence-electron chi connectivity index (χ4n) is 1.87. The standard InChI is InChI=1S/C16H12N4O2/c21-15-13(17-11-7-3-1-4-8-11)19-16(22)14(20-15)18-12-9-5-2-6-10-12/h1-10H,(H,17,19,22)(H,18,20,21). The zero-order valence-corrected chi connectivity index (χ0v) is 11.5. The van der Waals surface area contributed by atoms with Gasteiger partial charge < -0.3 is 0 Å². The van der Waals surface area contributed by atoms with Gasteiger partial charge in [0.1, 0.15) is 0 Å². The van der Waals surface area contributed by atoms with Gasteiger partial charge in [-0.2, -0.15) is 0 Å². The third-order valence-corrected chi connectivity index (χ3v) is 2.89. The van der Waals surface area contributed by atoms with E-state index in [1.807, 2.05) is 12.1 Å². The van der Waals surface area contributed by atoms with E-state index in [9.17, 15) is 9.59 Å². The van der Waals surface area contributed by atoms with Crippen molar-refractivity contribution in [2.24, 2.45) is 9.98 Å². The van der Waals surface area contributed by atoms with Gasteiger partial charge in [-0.05, 0) is 24.3 Å². The second kappa shape index (κ2) is 6.01. The molecule has 0 aromatic heterocycles. The van der Waals surface area contributed by atoms with Crippen molar-refractivity contribution in [1.82, 2.24) is 10.6 Å². The molecule has 22 heavy (non-hydrogen) atoms. The molecule has 0 radical (unpaired) electrons. The molecule has 0 unspecified atom stereocenters. The highest BCUT2D eigenvalue weighted by Gasteiger charge is 2.27. The maximum Gasteiger partial charge on any atom is 0.292 e. The monoisotopic (exact) mass is 292 g/mol. The number of hydrogen-bond acceptors (Lipinski definition) is 4. The Kier molecular flexibility index (Phi) is 3.74. The van der Waals surface area contributed by atoms with Crippen molar-refractivity contribution in [2.75, 3.05) is 0 Å². The average Bonchev–Trinajstić information content (AvgIpc) is 2.54. The lowest BCUT2D eigenvalue weighted by atomic mass is 10.3. The molecule has 1 saturated heterocycles. The Hall–Kier alpha value is -3.28. The SMILES string of the molecule is O=C1NC(=Nc2ccccc2)C(=O)NC1=Nc1ccccc1. The van der Waals surface area contributed by atoms with Crippen LogP contribution in [0.4, 0.5) is 11.4 Å².